The van der Waals surface area contributed by atoms with Gasteiger partial charge in [-0.1, -0.05) is 12.1 Å². The molecule has 152 valence electrons. The van der Waals surface area contributed by atoms with Crippen LogP contribution in [0.3, 0.4) is 0 Å². The van der Waals surface area contributed by atoms with E-state index in [0.29, 0.717) is 5.69 Å². The fourth-order valence-electron chi connectivity index (χ4n) is 2.35. The summed E-state index contributed by atoms with van der Waals surface area (Å²) in [4.78, 5) is 28.8. The molecule has 0 radical (unpaired) electrons. The lowest BCUT2D eigenvalue weighted by Crippen LogP contribution is -2.30. The van der Waals surface area contributed by atoms with Crippen LogP contribution >= 0.6 is 22.7 Å². The Labute approximate surface area is 173 Å². The molecule has 0 saturated carbocycles. The quantitative estimate of drug-likeness (QED) is 0.521. The number of hydrogen-bond acceptors (Lipinski definition) is 7. The van der Waals surface area contributed by atoms with E-state index >= 15 is 0 Å². The van der Waals surface area contributed by atoms with E-state index in [2.05, 4.69) is 15.0 Å². The van der Waals surface area contributed by atoms with E-state index in [0.717, 1.165) is 10.6 Å². The lowest BCUT2D eigenvalue weighted by Gasteiger charge is -2.15. The number of benzene rings is 1. The van der Waals surface area contributed by atoms with Crippen molar-refractivity contribution in [3.63, 3.8) is 0 Å². The number of para-hydroxylation sites is 2. The predicted molar refractivity (Wildman–Crippen MR) is 106 cm³/mol. The Hall–Kier alpha value is -2.85. The molecule has 0 aliphatic rings. The fourth-order valence-corrected chi connectivity index (χ4v) is 3.88. The van der Waals surface area contributed by atoms with Gasteiger partial charge in [-0.05, 0) is 30.5 Å². The van der Waals surface area contributed by atoms with Gasteiger partial charge in [0.2, 0.25) is 0 Å². The highest BCUT2D eigenvalue weighted by Gasteiger charge is 2.21. The fraction of sp³-hybridized carbons (Fsp3) is 0.211. The van der Waals surface area contributed by atoms with E-state index in [-0.39, 0.29) is 17.9 Å². The summed E-state index contributed by atoms with van der Waals surface area (Å²) >= 11 is 2.97. The maximum Gasteiger partial charge on any atom is 0.387 e. The zero-order valence-electron chi connectivity index (χ0n) is 15.1. The number of thiazole rings is 1. The Balaban J connectivity index is 1.55. The number of rotatable bonds is 8. The number of alkyl halides is 2. The lowest BCUT2D eigenvalue weighted by atomic mass is 10.2. The van der Waals surface area contributed by atoms with Crippen molar-refractivity contribution in [1.29, 1.82) is 0 Å². The third-order valence-corrected chi connectivity index (χ3v) is 5.31. The lowest BCUT2D eigenvalue weighted by molar-refractivity contribution is -0.152. The Bertz CT molecular complexity index is 976. The van der Waals surface area contributed by atoms with Crippen LogP contribution in [-0.4, -0.2) is 29.6 Å². The first-order chi connectivity index (χ1) is 13.9. The summed E-state index contributed by atoms with van der Waals surface area (Å²) in [7, 11) is 0. The van der Waals surface area contributed by atoms with Crippen LogP contribution in [0.25, 0.3) is 10.6 Å². The number of carbonyl (C=O) groups is 2. The highest BCUT2D eigenvalue weighted by molar-refractivity contribution is 7.14. The van der Waals surface area contributed by atoms with Gasteiger partial charge in [-0.2, -0.15) is 20.1 Å². The number of nitrogens with zero attached hydrogens (tertiary/aromatic N) is 1. The minimum absolute atomic E-state index is 0.0561. The topological polar surface area (TPSA) is 77.5 Å². The van der Waals surface area contributed by atoms with Crippen LogP contribution in [0.1, 0.15) is 12.6 Å². The smallest absolute Gasteiger partial charge is 0.387 e. The summed E-state index contributed by atoms with van der Waals surface area (Å²) < 4.78 is 34.4. The molecule has 3 aromatic rings. The maximum absolute atomic E-state index is 12.5. The zero-order valence-corrected chi connectivity index (χ0v) is 16.8. The minimum atomic E-state index is -3.03. The summed E-state index contributed by atoms with van der Waals surface area (Å²) in [6, 6.07) is 7.69. The maximum atomic E-state index is 12.5. The molecule has 6 nitrogen and oxygen atoms in total. The van der Waals surface area contributed by atoms with Gasteiger partial charge in [-0.3, -0.25) is 9.59 Å². The van der Waals surface area contributed by atoms with Gasteiger partial charge in [-0.25, -0.2) is 4.98 Å². The molecular weight excluding hydrogens is 422 g/mol. The molecule has 10 heteroatoms. The van der Waals surface area contributed by atoms with Gasteiger partial charge in [0.1, 0.15) is 10.8 Å². The number of nitrogens with one attached hydrogen (secondary N) is 1. The van der Waals surface area contributed by atoms with Gasteiger partial charge < -0.3 is 14.8 Å². The van der Waals surface area contributed by atoms with Crippen LogP contribution < -0.4 is 10.1 Å². The third kappa shape index (κ3) is 5.81. The van der Waals surface area contributed by atoms with Gasteiger partial charge >= 0.3 is 12.6 Å². The molecule has 1 amide bonds. The monoisotopic (exact) mass is 438 g/mol. The van der Waals surface area contributed by atoms with Crippen molar-refractivity contribution >= 4 is 40.2 Å². The average Bonchev–Trinajstić information content (AvgIpc) is 3.34. The van der Waals surface area contributed by atoms with E-state index in [1.807, 2.05) is 16.8 Å². The molecule has 1 aromatic carbocycles. The zero-order chi connectivity index (χ0) is 20.8. The Morgan fingerprint density at radius 3 is 2.72 bits per heavy atom. The van der Waals surface area contributed by atoms with E-state index in [1.54, 1.807) is 22.8 Å². The summed E-state index contributed by atoms with van der Waals surface area (Å²) in [6.45, 7) is -1.64. The van der Waals surface area contributed by atoms with Crippen molar-refractivity contribution in [1.82, 2.24) is 4.98 Å². The van der Waals surface area contributed by atoms with Crippen LogP contribution in [0.15, 0.2) is 46.5 Å². The van der Waals surface area contributed by atoms with E-state index < -0.39 is 24.6 Å². The number of esters is 1. The van der Waals surface area contributed by atoms with E-state index in [4.69, 9.17) is 4.74 Å². The first kappa shape index (κ1) is 20.9. The molecule has 1 unspecified atom stereocenters. The normalized spacial score (nSPS) is 11.9. The molecule has 0 aliphatic carbocycles. The molecule has 1 atom stereocenters. The van der Waals surface area contributed by atoms with Gasteiger partial charge in [0.25, 0.3) is 5.91 Å². The number of amides is 1. The van der Waals surface area contributed by atoms with Crippen LogP contribution in [0.5, 0.6) is 5.75 Å². The van der Waals surface area contributed by atoms with Gasteiger partial charge in [0, 0.05) is 16.3 Å². The minimum Gasteiger partial charge on any atom is -0.452 e. The highest BCUT2D eigenvalue weighted by atomic mass is 32.1. The molecule has 29 heavy (non-hydrogen) atoms. The van der Waals surface area contributed by atoms with Crippen molar-refractivity contribution in [2.24, 2.45) is 0 Å². The van der Waals surface area contributed by atoms with Crippen LogP contribution in [-0.2, 0) is 20.7 Å². The largest absolute Gasteiger partial charge is 0.452 e. The molecule has 0 fully saturated rings. The second-order valence-corrected chi connectivity index (χ2v) is 7.47. The summed E-state index contributed by atoms with van der Waals surface area (Å²) in [5, 5.41) is 8.88. The van der Waals surface area contributed by atoms with Gasteiger partial charge in [-0.15, -0.1) is 11.3 Å². The van der Waals surface area contributed by atoms with Crippen molar-refractivity contribution in [3.8, 4) is 16.3 Å². The van der Waals surface area contributed by atoms with Gasteiger partial charge in [0.15, 0.2) is 6.10 Å². The van der Waals surface area contributed by atoms with E-state index in [9.17, 15) is 18.4 Å². The number of thiophene rings is 1. The first-order valence-corrected chi connectivity index (χ1v) is 10.3. The van der Waals surface area contributed by atoms with Crippen LogP contribution in [0, 0.1) is 0 Å². The second kappa shape index (κ2) is 9.57. The number of anilines is 1. The highest BCUT2D eigenvalue weighted by Crippen LogP contribution is 2.27. The number of halogens is 2. The molecule has 1 N–H and O–H groups in total. The first-order valence-electron chi connectivity index (χ1n) is 8.43. The number of aromatic nitrogens is 1. The number of ether oxygens (including phenoxy) is 2. The summed E-state index contributed by atoms with van der Waals surface area (Å²) in [6.07, 6.45) is -1.21. The Morgan fingerprint density at radius 1 is 1.21 bits per heavy atom. The summed E-state index contributed by atoms with van der Waals surface area (Å²) in [5.41, 5.74) is 1.59. The van der Waals surface area contributed by atoms with Gasteiger partial charge in [0.05, 0.1) is 17.8 Å². The van der Waals surface area contributed by atoms with Crippen molar-refractivity contribution in [2.45, 2.75) is 26.1 Å². The van der Waals surface area contributed by atoms with Crippen molar-refractivity contribution in [2.75, 3.05) is 5.32 Å². The molecule has 0 bridgehead atoms. The predicted octanol–water partition coefficient (Wildman–Crippen LogP) is 4.59. The number of hydrogen-bond donors (Lipinski definition) is 1. The summed E-state index contributed by atoms with van der Waals surface area (Å²) in [5.74, 6) is -1.47. The second-order valence-electron chi connectivity index (χ2n) is 5.83. The molecule has 0 spiro atoms. The molecule has 0 aliphatic heterocycles. The van der Waals surface area contributed by atoms with E-state index in [1.165, 1.54) is 36.5 Å². The average molecular weight is 438 g/mol. The Morgan fingerprint density at radius 2 is 2.00 bits per heavy atom. The SMILES string of the molecule is CC(OC(=O)Cc1csc(-c2ccsc2)n1)C(=O)Nc1ccccc1OC(F)F. The Kier molecular flexibility index (Phi) is 6.89. The third-order valence-electron chi connectivity index (χ3n) is 3.68. The standard InChI is InChI=1S/C19H16F2N2O4S2/c1-11(17(25)23-14-4-2-3-5-15(14)27-19(20)21)26-16(24)8-13-10-29-18(22-13)12-6-7-28-9-12/h2-7,9-11,19H,8H2,1H3,(H,23,25). The van der Waals surface area contributed by atoms with Crippen molar-refractivity contribution < 1.29 is 27.8 Å². The molecular formula is C19H16F2N2O4S2. The van der Waals surface area contributed by atoms with Crippen LogP contribution in [0.2, 0.25) is 0 Å². The van der Waals surface area contributed by atoms with Crippen molar-refractivity contribution in [3.05, 3.63) is 52.2 Å². The number of carbonyl (C=O) groups excluding carboxylic acids is 2. The molecule has 3 rings (SSSR count). The molecule has 2 heterocycles. The molecule has 2 aromatic heterocycles. The molecule has 0 saturated heterocycles. The van der Waals surface area contributed by atoms with Crippen LogP contribution in [0.4, 0.5) is 14.5 Å².